The Bertz CT molecular complexity index is 533. The Labute approximate surface area is 145 Å². The van der Waals surface area contributed by atoms with Crippen molar-refractivity contribution in [1.29, 1.82) is 0 Å². The van der Waals surface area contributed by atoms with Gasteiger partial charge in [-0.25, -0.2) is 0 Å². The van der Waals surface area contributed by atoms with Crippen LogP contribution in [-0.2, 0) is 6.26 Å². The van der Waals surface area contributed by atoms with E-state index < -0.39 is 0 Å². The molecule has 1 aromatic rings. The molecule has 1 unspecified atom stereocenters. The minimum absolute atomic E-state index is 0.00441. The summed E-state index contributed by atoms with van der Waals surface area (Å²) < 4.78 is 1.08. The Morgan fingerprint density at radius 2 is 1.77 bits per heavy atom. The lowest BCUT2D eigenvalue weighted by Gasteiger charge is -2.38. The lowest BCUT2D eigenvalue weighted by atomic mass is 9.89. The fourth-order valence-electron chi connectivity index (χ4n) is 3.72. The number of halogens is 1. The molecule has 1 aliphatic rings. The third-order valence-electron chi connectivity index (χ3n) is 5.05. The zero-order chi connectivity index (χ0) is 16.4. The summed E-state index contributed by atoms with van der Waals surface area (Å²) in [5, 5.41) is 1.38. The lowest BCUT2D eigenvalue weighted by Crippen LogP contribution is -2.42. The van der Waals surface area contributed by atoms with Crippen molar-refractivity contribution < 1.29 is 4.79 Å². The Morgan fingerprint density at radius 3 is 2.18 bits per heavy atom. The molecule has 5 heteroatoms. The van der Waals surface area contributed by atoms with Crippen LogP contribution in [0.25, 0.3) is 0 Å². The summed E-state index contributed by atoms with van der Waals surface area (Å²) >= 11 is 3.65. The molecule has 124 valence electrons. The highest BCUT2D eigenvalue weighted by Gasteiger charge is 2.34. The van der Waals surface area contributed by atoms with Crippen molar-refractivity contribution in [2.24, 2.45) is 6.26 Å². The van der Waals surface area contributed by atoms with Crippen LogP contribution < -0.4 is 4.90 Å². The Balaban J connectivity index is 2.25. The lowest BCUT2D eigenvalue weighted by molar-refractivity contribution is 0.112. The van der Waals surface area contributed by atoms with Gasteiger partial charge in [-0.05, 0) is 53.6 Å². The molecular formula is C17H28BrN2OS+. The molecule has 1 heterocycles. The number of rotatable bonds is 5. The van der Waals surface area contributed by atoms with Crippen LogP contribution in [0, 0.1) is 6.92 Å². The normalized spacial score (nSPS) is 23.0. The largest absolute Gasteiger partial charge is 0.326 e. The van der Waals surface area contributed by atoms with Gasteiger partial charge in [0.1, 0.15) is 6.26 Å². The predicted octanol–water partition coefficient (Wildman–Crippen LogP) is 4.56. The fraction of sp³-hybridized carbons (Fsp3) is 0.706. The molecule has 1 atom stereocenters. The van der Waals surface area contributed by atoms with Gasteiger partial charge in [0.25, 0.3) is 0 Å². The molecule has 0 N–H and O–H groups in total. The number of anilines is 1. The number of aldehydes is 1. The zero-order valence-corrected chi connectivity index (χ0v) is 16.8. The first-order chi connectivity index (χ1) is 10.4. The molecule has 3 nitrogen and oxygen atoms in total. The van der Waals surface area contributed by atoms with Crippen molar-refractivity contribution in [1.82, 2.24) is 4.90 Å². The maximum Gasteiger partial charge on any atom is 0.247 e. The molecule has 2 rings (SSSR count). The van der Waals surface area contributed by atoms with Gasteiger partial charge in [-0.15, -0.1) is 0 Å². The second-order valence-corrected chi connectivity index (χ2v) is 9.59. The minimum Gasteiger partial charge on any atom is -0.326 e. The average molecular weight is 388 g/mol. The van der Waals surface area contributed by atoms with Crippen molar-refractivity contribution in [3.63, 3.8) is 0 Å². The molecule has 1 aromatic heterocycles. The first-order valence-electron chi connectivity index (χ1n) is 8.07. The second-order valence-electron chi connectivity index (χ2n) is 6.46. The highest BCUT2D eigenvalue weighted by molar-refractivity contribution is 9.11. The molecule has 0 aromatic carbocycles. The predicted molar refractivity (Wildman–Crippen MR) is 100 cm³/mol. The van der Waals surface area contributed by atoms with Gasteiger partial charge in [0.05, 0.1) is 5.56 Å². The van der Waals surface area contributed by atoms with Gasteiger partial charge in [-0.2, -0.15) is 0 Å². The number of thiophene rings is 1. The van der Waals surface area contributed by atoms with E-state index in [2.05, 4.69) is 59.9 Å². The molecule has 0 bridgehead atoms. The van der Waals surface area contributed by atoms with Gasteiger partial charge in [-0.1, -0.05) is 0 Å². The van der Waals surface area contributed by atoms with Crippen LogP contribution in [0.5, 0.6) is 0 Å². The van der Waals surface area contributed by atoms with Gasteiger partial charge in [0.15, 0.2) is 6.29 Å². The van der Waals surface area contributed by atoms with E-state index in [-0.39, 0.29) is 10.5 Å². The monoisotopic (exact) mass is 387 g/mol. The van der Waals surface area contributed by atoms with E-state index in [1.165, 1.54) is 36.2 Å². The number of hydrogen-bond donors (Lipinski definition) is 0. The van der Waals surface area contributed by atoms with Crippen molar-refractivity contribution in [2.75, 3.05) is 25.5 Å². The molecule has 0 radical (unpaired) electrons. The van der Waals surface area contributed by atoms with Crippen molar-refractivity contribution in [3.8, 4) is 0 Å². The SMILES string of the molecule is CCN(c1c(C)c(C=O)c(Br)[s+]1C)C1CCC(N(C)C)CC1. The van der Waals surface area contributed by atoms with Crippen molar-refractivity contribution in [3.05, 3.63) is 14.9 Å². The van der Waals surface area contributed by atoms with Gasteiger partial charge >= 0.3 is 0 Å². The number of carbonyl (C=O) groups excluding carboxylic acids is 1. The highest BCUT2D eigenvalue weighted by Crippen LogP contribution is 2.47. The van der Waals surface area contributed by atoms with E-state index in [0.717, 1.165) is 28.2 Å². The van der Waals surface area contributed by atoms with Crippen molar-refractivity contribution >= 4 is 37.7 Å². The van der Waals surface area contributed by atoms with Crippen LogP contribution in [0.2, 0.25) is 0 Å². The quantitative estimate of drug-likeness (QED) is 0.546. The number of nitrogens with zero attached hydrogens (tertiary/aromatic N) is 2. The summed E-state index contributed by atoms with van der Waals surface area (Å²) in [6.07, 6.45) is 8.28. The molecule has 1 fully saturated rings. The van der Waals surface area contributed by atoms with E-state index in [4.69, 9.17) is 0 Å². The number of hydrogen-bond acceptors (Lipinski definition) is 3. The average Bonchev–Trinajstić information content (AvgIpc) is 2.72. The molecule has 0 saturated heterocycles. The van der Waals surface area contributed by atoms with E-state index in [0.29, 0.717) is 6.04 Å². The van der Waals surface area contributed by atoms with E-state index in [9.17, 15) is 4.79 Å². The summed E-state index contributed by atoms with van der Waals surface area (Å²) in [6.45, 7) is 5.36. The third-order valence-corrected chi connectivity index (χ3v) is 8.81. The molecule has 22 heavy (non-hydrogen) atoms. The molecule has 0 amide bonds. The van der Waals surface area contributed by atoms with Crippen LogP contribution >= 0.6 is 26.4 Å². The molecule has 0 aliphatic heterocycles. The minimum atomic E-state index is -0.00441. The second kappa shape index (κ2) is 7.45. The standard InChI is InChI=1S/C17H28BrN2OS/c1-6-20(14-9-7-13(8-10-14)19(3)4)17-12(2)15(11-21)16(18)22(17)5/h11,13-14H,6-10H2,1-5H3/q+1. The maximum absolute atomic E-state index is 11.4. The van der Waals surface area contributed by atoms with Gasteiger partial charge < -0.3 is 9.80 Å². The summed E-state index contributed by atoms with van der Waals surface area (Å²) in [6, 6.07) is 1.34. The van der Waals surface area contributed by atoms with E-state index >= 15 is 0 Å². The smallest absolute Gasteiger partial charge is 0.247 e. The Morgan fingerprint density at radius 1 is 1.23 bits per heavy atom. The van der Waals surface area contributed by atoms with Gasteiger partial charge in [-0.3, -0.25) is 4.79 Å². The van der Waals surface area contributed by atoms with Crippen LogP contribution in [0.3, 0.4) is 0 Å². The molecule has 0 spiro atoms. The van der Waals surface area contributed by atoms with Gasteiger partial charge in [0, 0.05) is 50.6 Å². The summed E-state index contributed by atoms with van der Waals surface area (Å²) in [5.74, 6) is 0. The van der Waals surface area contributed by atoms with Crippen molar-refractivity contribution in [2.45, 2.75) is 51.6 Å². The maximum atomic E-state index is 11.4. The van der Waals surface area contributed by atoms with Gasteiger partial charge in [0.2, 0.25) is 8.79 Å². The summed E-state index contributed by atoms with van der Waals surface area (Å²) in [7, 11) is 4.37. The molecule has 1 saturated carbocycles. The first-order valence-corrected chi connectivity index (χ1v) is 10.5. The summed E-state index contributed by atoms with van der Waals surface area (Å²) in [4.78, 5) is 16.3. The number of carbonyl (C=O) groups is 1. The van der Waals surface area contributed by atoms with Crippen LogP contribution in [0.15, 0.2) is 3.79 Å². The first kappa shape index (κ1) is 18.0. The Hall–Kier alpha value is -0.390. The highest BCUT2D eigenvalue weighted by atomic mass is 79.9. The topological polar surface area (TPSA) is 23.6 Å². The van der Waals surface area contributed by atoms with Crippen LogP contribution in [0.4, 0.5) is 5.00 Å². The Kier molecular flexibility index (Phi) is 6.08. The zero-order valence-electron chi connectivity index (χ0n) is 14.4. The molecule has 1 aliphatic carbocycles. The summed E-state index contributed by atoms with van der Waals surface area (Å²) in [5.41, 5.74) is 2.03. The molecular weight excluding hydrogens is 360 g/mol. The van der Waals surface area contributed by atoms with E-state index in [1.807, 2.05) is 0 Å². The van der Waals surface area contributed by atoms with E-state index in [1.54, 1.807) is 0 Å². The van der Waals surface area contributed by atoms with Crippen LogP contribution in [-0.4, -0.2) is 43.9 Å². The van der Waals surface area contributed by atoms with Crippen LogP contribution in [0.1, 0.15) is 48.5 Å². The third kappa shape index (κ3) is 3.26. The fourth-order valence-corrected chi connectivity index (χ4v) is 6.47.